The van der Waals surface area contributed by atoms with Gasteiger partial charge in [-0.1, -0.05) is 11.6 Å². The molecule has 1 aromatic carbocycles. The van der Waals surface area contributed by atoms with Gasteiger partial charge in [-0.25, -0.2) is 9.18 Å². The molecule has 1 aliphatic rings. The number of carboxylic acids is 1. The van der Waals surface area contributed by atoms with Crippen LogP contribution in [0.15, 0.2) is 18.2 Å². The first-order valence-electron chi connectivity index (χ1n) is 6.71. The number of aliphatic carboxylic acids is 1. The van der Waals surface area contributed by atoms with Crippen LogP contribution < -0.4 is 10.6 Å². The van der Waals surface area contributed by atoms with Gasteiger partial charge in [-0.3, -0.25) is 4.79 Å². The van der Waals surface area contributed by atoms with E-state index in [4.69, 9.17) is 16.7 Å². The first-order chi connectivity index (χ1) is 9.95. The SMILES string of the molecule is O=C(Nc1ccc(F)c(Cl)c1)NC1CCC(C(=O)O)CC1. The molecule has 21 heavy (non-hydrogen) atoms. The average molecular weight is 315 g/mol. The van der Waals surface area contributed by atoms with Gasteiger partial charge in [-0.05, 0) is 43.9 Å². The molecule has 0 saturated heterocycles. The Morgan fingerprint density at radius 3 is 2.48 bits per heavy atom. The molecule has 3 N–H and O–H groups in total. The summed E-state index contributed by atoms with van der Waals surface area (Å²) in [5, 5.41) is 14.2. The Hall–Kier alpha value is -1.82. The molecule has 1 aliphatic carbocycles. The van der Waals surface area contributed by atoms with Crippen molar-refractivity contribution in [2.45, 2.75) is 31.7 Å². The second kappa shape index (κ2) is 6.76. The molecule has 1 saturated carbocycles. The Bertz CT molecular complexity index is 545. The number of hydrogen-bond acceptors (Lipinski definition) is 2. The fraction of sp³-hybridized carbons (Fsp3) is 0.429. The molecule has 2 amide bonds. The van der Waals surface area contributed by atoms with E-state index in [2.05, 4.69) is 10.6 Å². The van der Waals surface area contributed by atoms with Gasteiger partial charge in [0.15, 0.2) is 0 Å². The van der Waals surface area contributed by atoms with Crippen LogP contribution in [0.25, 0.3) is 0 Å². The summed E-state index contributed by atoms with van der Waals surface area (Å²) in [4.78, 5) is 22.7. The quantitative estimate of drug-likeness (QED) is 0.801. The lowest BCUT2D eigenvalue weighted by atomic mass is 9.86. The maximum absolute atomic E-state index is 13.0. The van der Waals surface area contributed by atoms with Crippen LogP contribution in [0.1, 0.15) is 25.7 Å². The van der Waals surface area contributed by atoms with Crippen molar-refractivity contribution in [3.63, 3.8) is 0 Å². The van der Waals surface area contributed by atoms with Gasteiger partial charge in [-0.2, -0.15) is 0 Å². The standard InChI is InChI=1S/C14H16ClFN2O3/c15-11-7-10(5-6-12(11)16)18-14(21)17-9-3-1-8(2-4-9)13(19)20/h5-9H,1-4H2,(H,19,20)(H2,17,18,21). The zero-order chi connectivity index (χ0) is 15.4. The van der Waals surface area contributed by atoms with Crippen LogP contribution >= 0.6 is 11.6 Å². The van der Waals surface area contributed by atoms with Crippen LogP contribution in [0.3, 0.4) is 0 Å². The van der Waals surface area contributed by atoms with Crippen molar-refractivity contribution in [2.24, 2.45) is 5.92 Å². The number of hydrogen-bond donors (Lipinski definition) is 3. The summed E-state index contributed by atoms with van der Waals surface area (Å²) < 4.78 is 13.0. The molecular weight excluding hydrogens is 299 g/mol. The molecular formula is C14H16ClFN2O3. The molecule has 5 nitrogen and oxygen atoms in total. The maximum Gasteiger partial charge on any atom is 0.319 e. The number of halogens is 2. The van der Waals surface area contributed by atoms with E-state index in [0.717, 1.165) is 0 Å². The number of urea groups is 1. The second-order valence-corrected chi connectivity index (χ2v) is 5.52. The van der Waals surface area contributed by atoms with E-state index in [1.807, 2.05) is 0 Å². The summed E-state index contributed by atoms with van der Waals surface area (Å²) in [5.41, 5.74) is 0.401. The predicted octanol–water partition coefficient (Wildman–Crippen LogP) is 3.24. The number of amides is 2. The highest BCUT2D eigenvalue weighted by molar-refractivity contribution is 6.31. The number of carboxylic acid groups (broad SMARTS) is 1. The molecule has 0 radical (unpaired) electrons. The van der Waals surface area contributed by atoms with Crippen molar-refractivity contribution in [3.8, 4) is 0 Å². The van der Waals surface area contributed by atoms with Crippen LogP contribution in [0.5, 0.6) is 0 Å². The molecule has 1 fully saturated rings. The van der Waals surface area contributed by atoms with Gasteiger partial charge < -0.3 is 15.7 Å². The zero-order valence-electron chi connectivity index (χ0n) is 11.2. The number of nitrogens with one attached hydrogen (secondary N) is 2. The third-order valence-corrected chi connectivity index (χ3v) is 3.88. The van der Waals surface area contributed by atoms with Gasteiger partial charge in [0.1, 0.15) is 5.82 Å². The van der Waals surface area contributed by atoms with Crippen LogP contribution in [-0.4, -0.2) is 23.1 Å². The first kappa shape index (κ1) is 15.6. The van der Waals surface area contributed by atoms with E-state index < -0.39 is 17.8 Å². The lowest BCUT2D eigenvalue weighted by Crippen LogP contribution is -2.40. The number of carbonyl (C=O) groups is 2. The van der Waals surface area contributed by atoms with Crippen LogP contribution in [0.4, 0.5) is 14.9 Å². The Morgan fingerprint density at radius 2 is 1.90 bits per heavy atom. The average Bonchev–Trinajstić information content (AvgIpc) is 2.43. The van der Waals surface area contributed by atoms with Gasteiger partial charge >= 0.3 is 12.0 Å². The van der Waals surface area contributed by atoms with Gasteiger partial charge in [0.05, 0.1) is 10.9 Å². The molecule has 0 spiro atoms. The molecule has 7 heteroatoms. The molecule has 2 rings (SSSR count). The molecule has 0 aliphatic heterocycles. The van der Waals surface area contributed by atoms with Crippen molar-refractivity contribution in [1.29, 1.82) is 0 Å². The molecule has 1 aromatic rings. The minimum Gasteiger partial charge on any atom is -0.481 e. The van der Waals surface area contributed by atoms with Crippen molar-refractivity contribution in [2.75, 3.05) is 5.32 Å². The third-order valence-electron chi connectivity index (χ3n) is 3.59. The van der Waals surface area contributed by atoms with Crippen molar-refractivity contribution < 1.29 is 19.1 Å². The normalized spacial score (nSPS) is 21.6. The van der Waals surface area contributed by atoms with E-state index in [9.17, 15) is 14.0 Å². The fourth-order valence-electron chi connectivity index (χ4n) is 2.41. The van der Waals surface area contributed by atoms with Crippen molar-refractivity contribution in [3.05, 3.63) is 29.0 Å². The van der Waals surface area contributed by atoms with Crippen molar-refractivity contribution in [1.82, 2.24) is 5.32 Å². The fourth-order valence-corrected chi connectivity index (χ4v) is 2.59. The Kier molecular flexibility index (Phi) is 5.01. The highest BCUT2D eigenvalue weighted by Gasteiger charge is 2.26. The highest BCUT2D eigenvalue weighted by Crippen LogP contribution is 2.24. The summed E-state index contributed by atoms with van der Waals surface area (Å²) in [6.45, 7) is 0. The van der Waals surface area contributed by atoms with E-state index in [1.54, 1.807) is 0 Å². The van der Waals surface area contributed by atoms with Crippen molar-refractivity contribution >= 4 is 29.3 Å². The summed E-state index contributed by atoms with van der Waals surface area (Å²) in [5.74, 6) is -1.64. The molecule has 0 unspecified atom stereocenters. The second-order valence-electron chi connectivity index (χ2n) is 5.11. The first-order valence-corrected chi connectivity index (χ1v) is 7.09. The van der Waals surface area contributed by atoms with E-state index in [0.29, 0.717) is 31.4 Å². The minimum absolute atomic E-state index is 0.0449. The van der Waals surface area contributed by atoms with Gasteiger partial charge in [0.2, 0.25) is 0 Å². The predicted molar refractivity (Wildman–Crippen MR) is 76.9 cm³/mol. The largest absolute Gasteiger partial charge is 0.481 e. The lowest BCUT2D eigenvalue weighted by Gasteiger charge is -2.26. The van der Waals surface area contributed by atoms with Gasteiger partial charge in [0.25, 0.3) is 0 Å². The topological polar surface area (TPSA) is 78.4 Å². The third kappa shape index (κ3) is 4.32. The van der Waals surface area contributed by atoms with E-state index in [-0.39, 0.29) is 17.0 Å². The molecule has 0 aromatic heterocycles. The van der Waals surface area contributed by atoms with Crippen LogP contribution in [0, 0.1) is 11.7 Å². The minimum atomic E-state index is -0.779. The van der Waals surface area contributed by atoms with Crippen LogP contribution in [0.2, 0.25) is 5.02 Å². The molecule has 0 bridgehead atoms. The summed E-state index contributed by atoms with van der Waals surface area (Å²) in [7, 11) is 0. The Balaban J connectivity index is 1.82. The summed E-state index contributed by atoms with van der Waals surface area (Å²) in [6.07, 6.45) is 2.38. The van der Waals surface area contributed by atoms with E-state index >= 15 is 0 Å². The Labute approximate surface area is 126 Å². The molecule has 114 valence electrons. The highest BCUT2D eigenvalue weighted by atomic mass is 35.5. The van der Waals surface area contributed by atoms with Crippen LogP contribution in [-0.2, 0) is 4.79 Å². The summed E-state index contributed by atoms with van der Waals surface area (Å²) in [6, 6.07) is 3.48. The molecule has 0 atom stereocenters. The zero-order valence-corrected chi connectivity index (χ0v) is 12.0. The number of anilines is 1. The monoisotopic (exact) mass is 314 g/mol. The Morgan fingerprint density at radius 1 is 1.24 bits per heavy atom. The molecule has 0 heterocycles. The number of benzene rings is 1. The maximum atomic E-state index is 13.0. The smallest absolute Gasteiger partial charge is 0.319 e. The lowest BCUT2D eigenvalue weighted by molar-refractivity contribution is -0.142. The van der Waals surface area contributed by atoms with Gasteiger partial charge in [-0.15, -0.1) is 0 Å². The summed E-state index contributed by atoms with van der Waals surface area (Å²) >= 11 is 5.63. The van der Waals surface area contributed by atoms with Gasteiger partial charge in [0, 0.05) is 11.7 Å². The van der Waals surface area contributed by atoms with E-state index in [1.165, 1.54) is 18.2 Å². The number of rotatable bonds is 3. The number of carbonyl (C=O) groups excluding carboxylic acids is 1.